The molecule has 3 nitrogen and oxygen atoms in total. The summed E-state index contributed by atoms with van der Waals surface area (Å²) in [6.45, 7) is 0. The summed E-state index contributed by atoms with van der Waals surface area (Å²) in [6, 6.07) is 7.75. The number of fused-ring (bicyclic) bond motifs is 2. The molecule has 1 N–H and O–H groups in total. The summed E-state index contributed by atoms with van der Waals surface area (Å²) in [6.07, 6.45) is 0. The van der Waals surface area contributed by atoms with Crippen molar-refractivity contribution in [3.05, 3.63) is 35.2 Å². The highest BCUT2D eigenvalue weighted by Crippen LogP contribution is 2.18. The molecule has 0 saturated carbocycles. The Labute approximate surface area is 61.2 Å². The van der Waals surface area contributed by atoms with Crippen LogP contribution in [0.5, 0.6) is 0 Å². The van der Waals surface area contributed by atoms with Crippen molar-refractivity contribution in [3.63, 3.8) is 0 Å². The molecule has 2 aliphatic heterocycles. The van der Waals surface area contributed by atoms with Gasteiger partial charge in [0.2, 0.25) is 5.42 Å². The number of aromatic nitrogens is 1. The highest BCUT2D eigenvalue weighted by Gasteiger charge is 2.07. The molecule has 0 unspecified atom stereocenters. The van der Waals surface area contributed by atoms with Crippen LogP contribution in [0.2, 0.25) is 0 Å². The van der Waals surface area contributed by atoms with Crippen LogP contribution in [0.15, 0.2) is 33.2 Å². The number of rotatable bonds is 0. The van der Waals surface area contributed by atoms with Gasteiger partial charge in [0.15, 0.2) is 5.58 Å². The van der Waals surface area contributed by atoms with Gasteiger partial charge in [-0.15, -0.1) is 0 Å². The van der Waals surface area contributed by atoms with Gasteiger partial charge in [0.05, 0.1) is 5.39 Å². The minimum absolute atomic E-state index is 0.740. The smallest absolute Gasteiger partial charge is 0.271 e. The van der Waals surface area contributed by atoms with Crippen LogP contribution in [0.1, 0.15) is 0 Å². The molecule has 0 fully saturated rings. The zero-order chi connectivity index (χ0) is 7.26. The number of aromatic amines is 1. The lowest BCUT2D eigenvalue weighted by atomic mass is 10.2. The first-order chi connectivity index (χ1) is 5.45. The Bertz CT molecular complexity index is 542. The van der Waals surface area contributed by atoms with Crippen molar-refractivity contribution in [2.75, 3.05) is 0 Å². The van der Waals surface area contributed by atoms with E-state index in [4.69, 9.17) is 8.94 Å². The maximum atomic E-state index is 5.14. The first-order valence-corrected chi connectivity index (χ1v) is 3.39. The molecule has 2 aliphatic rings. The fraction of sp³-hybridized carbons (Fsp3) is 0. The predicted octanol–water partition coefficient (Wildman–Crippen LogP) is 2.08. The second-order valence-corrected chi connectivity index (χ2v) is 2.46. The van der Waals surface area contributed by atoms with Gasteiger partial charge in [0.1, 0.15) is 0 Å². The van der Waals surface area contributed by atoms with Gasteiger partial charge in [-0.05, 0) is 12.1 Å². The molecule has 1 aromatic carbocycles. The Balaban J connectivity index is 2.71. The van der Waals surface area contributed by atoms with Crippen LogP contribution in [-0.4, -0.2) is 5.16 Å². The molecule has 0 saturated heterocycles. The van der Waals surface area contributed by atoms with Gasteiger partial charge < -0.3 is 8.94 Å². The van der Waals surface area contributed by atoms with Gasteiger partial charge >= 0.3 is 0 Å². The second kappa shape index (κ2) is 1.50. The standard InChI is InChI=1S/C8H5NO2/c1-2-4-6-5(3-1)7-8(10-7)9-11-6/h1-4,9H. The number of nitrogens with one attached hydrogen (secondary N) is 1. The van der Waals surface area contributed by atoms with Crippen molar-refractivity contribution in [1.82, 2.24) is 5.16 Å². The molecular weight excluding hydrogens is 142 g/mol. The molecule has 3 rings (SSSR count). The summed E-state index contributed by atoms with van der Waals surface area (Å²) in [5, 5.41) is 3.70. The maximum Gasteiger partial charge on any atom is 0.271 e. The third kappa shape index (κ3) is 0.570. The molecule has 0 aromatic heterocycles. The number of benzene rings is 1. The van der Waals surface area contributed by atoms with Gasteiger partial charge in [0, 0.05) is 0 Å². The molecule has 54 valence electrons. The third-order valence-corrected chi connectivity index (χ3v) is 1.75. The monoisotopic (exact) mass is 147 g/mol. The topological polar surface area (TPSA) is 42.1 Å². The molecule has 11 heavy (non-hydrogen) atoms. The maximum absolute atomic E-state index is 5.14. The lowest BCUT2D eigenvalue weighted by Gasteiger charge is -1.87. The van der Waals surface area contributed by atoms with Crippen LogP contribution >= 0.6 is 0 Å². The van der Waals surface area contributed by atoms with Crippen LogP contribution in [0, 0.1) is 11.0 Å². The number of hydrogen-bond donors (Lipinski definition) is 1. The van der Waals surface area contributed by atoms with Crippen LogP contribution in [-0.2, 0) is 0 Å². The Morgan fingerprint density at radius 1 is 1.18 bits per heavy atom. The zero-order valence-corrected chi connectivity index (χ0v) is 5.63. The zero-order valence-electron chi connectivity index (χ0n) is 5.63. The highest BCUT2D eigenvalue weighted by molar-refractivity contribution is 5.75. The summed E-state index contributed by atoms with van der Waals surface area (Å²) in [5.74, 6) is 0. The summed E-state index contributed by atoms with van der Waals surface area (Å²) in [5.41, 5.74) is 2.47. The largest absolute Gasteiger partial charge is 0.429 e. The normalized spacial score (nSPS) is 11.6. The van der Waals surface area contributed by atoms with E-state index in [2.05, 4.69) is 5.16 Å². The number of H-pyrrole nitrogens is 1. The summed E-state index contributed by atoms with van der Waals surface area (Å²) >= 11 is 0. The van der Waals surface area contributed by atoms with Crippen LogP contribution < -0.4 is 0 Å². The molecule has 0 spiro atoms. The Morgan fingerprint density at radius 3 is 3.09 bits per heavy atom. The van der Waals surface area contributed by atoms with E-state index in [1.807, 2.05) is 24.3 Å². The van der Waals surface area contributed by atoms with E-state index in [-0.39, 0.29) is 0 Å². The number of hydrogen-bond acceptors (Lipinski definition) is 2. The van der Waals surface area contributed by atoms with Crippen LogP contribution in [0.4, 0.5) is 0 Å². The summed E-state index contributed by atoms with van der Waals surface area (Å²) < 4.78 is 10.2. The van der Waals surface area contributed by atoms with E-state index >= 15 is 0 Å². The molecule has 0 amide bonds. The van der Waals surface area contributed by atoms with Crippen molar-refractivity contribution in [1.29, 1.82) is 0 Å². The minimum atomic E-state index is 0.740. The van der Waals surface area contributed by atoms with Crippen molar-refractivity contribution < 1.29 is 8.94 Å². The fourth-order valence-corrected chi connectivity index (χ4v) is 1.17. The van der Waals surface area contributed by atoms with E-state index in [1.54, 1.807) is 0 Å². The van der Waals surface area contributed by atoms with Crippen molar-refractivity contribution in [2.45, 2.75) is 0 Å². The van der Waals surface area contributed by atoms with E-state index in [0.29, 0.717) is 0 Å². The molecule has 0 radical (unpaired) electrons. The fourth-order valence-electron chi connectivity index (χ4n) is 1.17. The van der Waals surface area contributed by atoms with E-state index in [1.165, 1.54) is 0 Å². The predicted molar refractivity (Wildman–Crippen MR) is 38.1 cm³/mol. The number of para-hydroxylation sites is 1. The third-order valence-electron chi connectivity index (χ3n) is 1.75. The lowest BCUT2D eigenvalue weighted by molar-refractivity contribution is 0.418. The van der Waals surface area contributed by atoms with Crippen LogP contribution in [0.25, 0.3) is 11.0 Å². The minimum Gasteiger partial charge on any atom is -0.429 e. The second-order valence-electron chi connectivity index (χ2n) is 2.46. The summed E-state index contributed by atoms with van der Waals surface area (Å²) in [4.78, 5) is 0. The van der Waals surface area contributed by atoms with Gasteiger partial charge in [-0.3, -0.25) is 0 Å². The van der Waals surface area contributed by atoms with E-state index in [0.717, 1.165) is 21.9 Å². The molecule has 3 heteroatoms. The molecule has 0 bridgehead atoms. The van der Waals surface area contributed by atoms with Crippen LogP contribution in [0.3, 0.4) is 0 Å². The quantitative estimate of drug-likeness (QED) is 0.529. The summed E-state index contributed by atoms with van der Waals surface area (Å²) in [7, 11) is 0. The first-order valence-electron chi connectivity index (χ1n) is 3.39. The van der Waals surface area contributed by atoms with E-state index < -0.39 is 0 Å². The molecule has 0 aliphatic carbocycles. The van der Waals surface area contributed by atoms with Gasteiger partial charge in [-0.25, -0.2) is 0 Å². The average Bonchev–Trinajstić information content (AvgIpc) is 2.83. The van der Waals surface area contributed by atoms with Gasteiger partial charge in [0.25, 0.3) is 5.55 Å². The molecule has 1 aromatic rings. The molecular formula is C8H5NO2. The average molecular weight is 147 g/mol. The van der Waals surface area contributed by atoms with Crippen molar-refractivity contribution >= 4 is 11.0 Å². The van der Waals surface area contributed by atoms with Gasteiger partial charge in [-0.2, -0.15) is 5.16 Å². The SMILES string of the molecule is c1ccc2c3oc=3[nH]oc2c1. The highest BCUT2D eigenvalue weighted by atomic mass is 16.5. The van der Waals surface area contributed by atoms with E-state index in [9.17, 15) is 0 Å². The van der Waals surface area contributed by atoms with Crippen molar-refractivity contribution in [3.8, 4) is 0 Å². The van der Waals surface area contributed by atoms with Crippen molar-refractivity contribution in [2.24, 2.45) is 0 Å². The Morgan fingerprint density at radius 2 is 2.09 bits per heavy atom. The Hall–Kier alpha value is -1.64. The lowest BCUT2D eigenvalue weighted by Crippen LogP contribution is -1.71. The first kappa shape index (κ1) is 5.07. The van der Waals surface area contributed by atoms with Gasteiger partial charge in [-0.1, -0.05) is 12.1 Å². The molecule has 0 atom stereocenters. The molecule has 2 heterocycles. The Kier molecular flexibility index (Phi) is 0.692.